The number of hydrogen-bond donors (Lipinski definition) is 2. The first-order chi connectivity index (χ1) is 11.2. The molecule has 0 aliphatic carbocycles. The van der Waals surface area contributed by atoms with Gasteiger partial charge in [0.05, 0.1) is 11.1 Å². The Labute approximate surface area is 146 Å². The maximum atomic E-state index is 10.6. The molecule has 0 aliphatic heterocycles. The van der Waals surface area contributed by atoms with E-state index in [2.05, 4.69) is 0 Å². The zero-order valence-corrected chi connectivity index (χ0v) is 13.4. The first-order valence-corrected chi connectivity index (χ1v) is 7.04. The van der Waals surface area contributed by atoms with Crippen molar-refractivity contribution in [3.8, 4) is 0 Å². The molecule has 2 aromatic rings. The maximum absolute atomic E-state index is 10.6. The highest BCUT2D eigenvalue weighted by molar-refractivity contribution is 6.68. The van der Waals surface area contributed by atoms with Crippen molar-refractivity contribution < 1.29 is 29.4 Å². The van der Waals surface area contributed by atoms with Gasteiger partial charge in [0.15, 0.2) is 0 Å². The van der Waals surface area contributed by atoms with Crippen LogP contribution in [0.5, 0.6) is 0 Å². The summed E-state index contributed by atoms with van der Waals surface area (Å²) in [5.74, 6) is -2.25. The van der Waals surface area contributed by atoms with Gasteiger partial charge in [-0.1, -0.05) is 6.07 Å². The van der Waals surface area contributed by atoms with E-state index in [0.717, 1.165) is 6.07 Å². The number of halogens is 2. The van der Waals surface area contributed by atoms with Gasteiger partial charge in [-0.25, -0.2) is 9.59 Å². The van der Waals surface area contributed by atoms with Crippen LogP contribution in [-0.4, -0.2) is 32.6 Å². The monoisotopic (exact) mass is 368 g/mol. The first kappa shape index (κ1) is 19.3. The Morgan fingerprint density at radius 1 is 0.625 bits per heavy atom. The molecule has 0 fully saturated rings. The molecular weight excluding hydrogens is 359 g/mol. The summed E-state index contributed by atoms with van der Waals surface area (Å²) in [5, 5.41) is 15.9. The van der Waals surface area contributed by atoms with Crippen LogP contribution in [0, 0.1) is 0 Å². The minimum Gasteiger partial charge on any atom is -0.478 e. The third-order valence-corrected chi connectivity index (χ3v) is 3.13. The molecule has 0 amide bonds. The Morgan fingerprint density at radius 3 is 1.21 bits per heavy atom. The summed E-state index contributed by atoms with van der Waals surface area (Å²) < 4.78 is 0. The van der Waals surface area contributed by atoms with Crippen LogP contribution in [0.3, 0.4) is 0 Å². The molecule has 2 rings (SSSR count). The molecule has 0 aliphatic rings. The van der Waals surface area contributed by atoms with Crippen molar-refractivity contribution in [1.29, 1.82) is 0 Å². The number of rotatable bonds is 4. The fourth-order valence-electron chi connectivity index (χ4n) is 1.52. The van der Waals surface area contributed by atoms with E-state index in [-0.39, 0.29) is 11.1 Å². The van der Waals surface area contributed by atoms with Crippen molar-refractivity contribution in [3.05, 3.63) is 70.8 Å². The third-order valence-electron chi connectivity index (χ3n) is 2.70. The van der Waals surface area contributed by atoms with Crippen molar-refractivity contribution in [3.63, 3.8) is 0 Å². The molecule has 0 saturated carbocycles. The van der Waals surface area contributed by atoms with Crippen molar-refractivity contribution in [2.45, 2.75) is 0 Å². The van der Waals surface area contributed by atoms with Gasteiger partial charge in [-0.2, -0.15) is 0 Å². The molecule has 0 atom stereocenters. The van der Waals surface area contributed by atoms with Gasteiger partial charge in [0.2, 0.25) is 0 Å². The molecule has 0 unspecified atom stereocenters. The van der Waals surface area contributed by atoms with Gasteiger partial charge in [0, 0.05) is 11.1 Å². The Kier molecular flexibility index (Phi) is 7.10. The highest BCUT2D eigenvalue weighted by Gasteiger charge is 2.06. The summed E-state index contributed by atoms with van der Waals surface area (Å²) in [5.41, 5.74) is 0.654. The number of benzene rings is 2. The van der Waals surface area contributed by atoms with Crippen LogP contribution in [0.25, 0.3) is 0 Å². The van der Waals surface area contributed by atoms with Gasteiger partial charge in [-0.3, -0.25) is 9.59 Å². The molecule has 6 nitrogen and oxygen atoms in total. The fourth-order valence-corrected chi connectivity index (χ4v) is 1.77. The van der Waals surface area contributed by atoms with Crippen molar-refractivity contribution in [2.75, 3.05) is 0 Å². The summed E-state index contributed by atoms with van der Waals surface area (Å²) in [6.45, 7) is 0. The summed E-state index contributed by atoms with van der Waals surface area (Å²) in [6.07, 6.45) is 0. The van der Waals surface area contributed by atoms with Crippen LogP contribution >= 0.6 is 23.2 Å². The largest absolute Gasteiger partial charge is 0.478 e. The van der Waals surface area contributed by atoms with E-state index in [0.29, 0.717) is 11.1 Å². The topological polar surface area (TPSA) is 109 Å². The minimum absolute atomic E-state index is 0.0186. The lowest BCUT2D eigenvalue weighted by Gasteiger charge is -1.95. The Morgan fingerprint density at radius 2 is 0.958 bits per heavy atom. The van der Waals surface area contributed by atoms with Gasteiger partial charge in [-0.15, -0.1) is 0 Å². The van der Waals surface area contributed by atoms with Gasteiger partial charge >= 0.3 is 11.9 Å². The first-order valence-electron chi connectivity index (χ1n) is 6.28. The Hall–Kier alpha value is -2.70. The number of carboxylic acids is 2. The highest BCUT2D eigenvalue weighted by Crippen LogP contribution is 2.08. The quantitative estimate of drug-likeness (QED) is 0.798. The van der Waals surface area contributed by atoms with Crippen LogP contribution in [0.2, 0.25) is 0 Å². The van der Waals surface area contributed by atoms with Crippen LogP contribution < -0.4 is 0 Å². The van der Waals surface area contributed by atoms with Crippen LogP contribution in [-0.2, 0) is 0 Å². The second kappa shape index (κ2) is 8.81. The summed E-state index contributed by atoms with van der Waals surface area (Å²) in [7, 11) is 0. The minimum atomic E-state index is -1.13. The summed E-state index contributed by atoms with van der Waals surface area (Å²) >= 11 is 10.4. The van der Waals surface area contributed by atoms with Crippen LogP contribution in [0.15, 0.2) is 48.5 Å². The van der Waals surface area contributed by atoms with E-state index in [1.165, 1.54) is 42.5 Å². The molecule has 2 N–H and O–H groups in total. The molecule has 8 heteroatoms. The number of carbonyl (C=O) groups is 4. The van der Waals surface area contributed by atoms with Gasteiger partial charge in [0.1, 0.15) is 0 Å². The molecule has 0 radical (unpaired) electrons. The van der Waals surface area contributed by atoms with E-state index in [9.17, 15) is 19.2 Å². The molecule has 0 aromatic heterocycles. The van der Waals surface area contributed by atoms with E-state index < -0.39 is 22.4 Å². The summed E-state index contributed by atoms with van der Waals surface area (Å²) in [6, 6.07) is 11.0. The predicted molar refractivity (Wildman–Crippen MR) is 87.2 cm³/mol. The van der Waals surface area contributed by atoms with Crippen molar-refractivity contribution in [2.24, 2.45) is 0 Å². The average Bonchev–Trinajstić information content (AvgIpc) is 2.55. The Balaban J connectivity index is 0.000000240. The molecule has 124 valence electrons. The number of hydrogen-bond acceptors (Lipinski definition) is 4. The van der Waals surface area contributed by atoms with E-state index in [4.69, 9.17) is 33.4 Å². The highest BCUT2D eigenvalue weighted by atomic mass is 35.5. The predicted octanol–water partition coefficient (Wildman–Crippen LogP) is 3.53. The maximum Gasteiger partial charge on any atom is 0.335 e. The molecular formula is C16H10Cl2O6. The van der Waals surface area contributed by atoms with Crippen molar-refractivity contribution >= 4 is 45.6 Å². The van der Waals surface area contributed by atoms with E-state index in [1.54, 1.807) is 0 Å². The smallest absolute Gasteiger partial charge is 0.335 e. The SMILES string of the molecule is O=C(Cl)c1ccc(C(=O)Cl)cc1.O=C(O)c1cccc(C(=O)O)c1. The fraction of sp³-hybridized carbons (Fsp3) is 0. The van der Waals surface area contributed by atoms with Crippen LogP contribution in [0.1, 0.15) is 41.4 Å². The third kappa shape index (κ3) is 5.83. The normalized spacial score (nSPS) is 9.42. The average molecular weight is 369 g/mol. The van der Waals surface area contributed by atoms with Crippen LogP contribution in [0.4, 0.5) is 0 Å². The lowest BCUT2D eigenvalue weighted by atomic mass is 10.1. The molecule has 0 spiro atoms. The number of carboxylic acid groups (broad SMARTS) is 2. The Bertz CT molecular complexity index is 721. The van der Waals surface area contributed by atoms with Gasteiger partial charge in [0.25, 0.3) is 10.5 Å². The molecule has 0 saturated heterocycles. The van der Waals surface area contributed by atoms with Gasteiger partial charge in [-0.05, 0) is 65.7 Å². The number of carbonyl (C=O) groups excluding carboxylic acids is 2. The molecule has 0 heterocycles. The molecule has 24 heavy (non-hydrogen) atoms. The zero-order valence-electron chi connectivity index (χ0n) is 11.9. The standard InChI is InChI=1S/C8H4Cl2O2.C8H6O4/c9-7(11)5-1-2-6(4-3-5)8(10)12;9-7(10)5-2-1-3-6(4-5)8(11)12/h1-4H;1-4H,(H,9,10)(H,11,12). The van der Waals surface area contributed by atoms with E-state index in [1.807, 2.05) is 0 Å². The molecule has 2 aromatic carbocycles. The zero-order chi connectivity index (χ0) is 18.3. The molecule has 0 bridgehead atoms. The number of aromatic carboxylic acids is 2. The summed E-state index contributed by atoms with van der Waals surface area (Å²) in [4.78, 5) is 41.9. The van der Waals surface area contributed by atoms with E-state index >= 15 is 0 Å². The second-order valence-electron chi connectivity index (χ2n) is 4.32. The second-order valence-corrected chi connectivity index (χ2v) is 5.00. The lowest BCUT2D eigenvalue weighted by Crippen LogP contribution is -2.01. The van der Waals surface area contributed by atoms with Crippen molar-refractivity contribution in [1.82, 2.24) is 0 Å². The van der Waals surface area contributed by atoms with Gasteiger partial charge < -0.3 is 10.2 Å². The lowest BCUT2D eigenvalue weighted by molar-refractivity contribution is 0.0696.